The molecule has 1 N–H and O–H groups in total. The van der Waals surface area contributed by atoms with Gasteiger partial charge in [-0.05, 0) is 46.3 Å². The summed E-state index contributed by atoms with van der Waals surface area (Å²) in [5, 5.41) is 5.14. The van der Waals surface area contributed by atoms with Crippen LogP contribution < -0.4 is 10.1 Å². The molecule has 0 unspecified atom stereocenters. The van der Waals surface area contributed by atoms with Gasteiger partial charge in [-0.15, -0.1) is 0 Å². The van der Waals surface area contributed by atoms with Crippen LogP contribution in [0.5, 0.6) is 5.75 Å². The molecule has 2 aromatic carbocycles. The lowest BCUT2D eigenvalue weighted by Crippen LogP contribution is -2.00. The van der Waals surface area contributed by atoms with Gasteiger partial charge in [0.2, 0.25) is 0 Å². The smallest absolute Gasteiger partial charge is 0.188 e. The molecule has 0 amide bonds. The summed E-state index contributed by atoms with van der Waals surface area (Å²) in [5.41, 5.74) is 2.69. The number of nitrogens with zero attached hydrogens (tertiary/aromatic N) is 3. The molecule has 0 spiro atoms. The molecule has 0 atom stereocenters. The molecule has 0 saturated heterocycles. The van der Waals surface area contributed by atoms with Crippen molar-refractivity contribution in [1.82, 2.24) is 15.0 Å². The van der Waals surface area contributed by atoms with Crippen LogP contribution in [0.15, 0.2) is 41.0 Å². The normalized spacial score (nSPS) is 11.2. The van der Waals surface area contributed by atoms with Crippen molar-refractivity contribution in [3.05, 3.63) is 46.8 Å². The maximum absolute atomic E-state index is 5.41. The van der Waals surface area contributed by atoms with Crippen molar-refractivity contribution < 1.29 is 9.47 Å². The first-order valence-electron chi connectivity index (χ1n) is 8.32. The van der Waals surface area contributed by atoms with Gasteiger partial charge in [0, 0.05) is 35.3 Å². The van der Waals surface area contributed by atoms with Crippen molar-refractivity contribution in [2.24, 2.45) is 0 Å². The zero-order chi connectivity index (χ0) is 18.8. The van der Waals surface area contributed by atoms with Gasteiger partial charge in [0.05, 0.1) is 23.9 Å². The average Bonchev–Trinajstić information content (AvgIpc) is 3.11. The number of nitrogens with one attached hydrogen (secondary N) is 1. The predicted octanol–water partition coefficient (Wildman–Crippen LogP) is 4.94. The summed E-state index contributed by atoms with van der Waals surface area (Å²) >= 11 is 5.15. The van der Waals surface area contributed by atoms with E-state index in [9.17, 15) is 0 Å². The summed E-state index contributed by atoms with van der Waals surface area (Å²) in [6.07, 6.45) is 2.55. The molecule has 0 aliphatic carbocycles. The first kappa shape index (κ1) is 18.1. The van der Waals surface area contributed by atoms with E-state index in [4.69, 9.17) is 9.47 Å². The highest BCUT2D eigenvalue weighted by Crippen LogP contribution is 2.38. The van der Waals surface area contributed by atoms with Gasteiger partial charge in [0.25, 0.3) is 0 Å². The second-order valence-electron chi connectivity index (χ2n) is 5.87. The van der Waals surface area contributed by atoms with Gasteiger partial charge in [-0.1, -0.05) is 11.3 Å². The van der Waals surface area contributed by atoms with E-state index in [1.54, 1.807) is 25.6 Å². The van der Waals surface area contributed by atoms with Gasteiger partial charge in [-0.25, -0.2) is 15.0 Å². The van der Waals surface area contributed by atoms with E-state index in [0.717, 1.165) is 48.0 Å². The fourth-order valence-corrected chi connectivity index (χ4v) is 4.23. The lowest BCUT2D eigenvalue weighted by molar-refractivity contribution is 0.200. The molecular weight excluding hydrogens is 428 g/mol. The van der Waals surface area contributed by atoms with Crippen molar-refractivity contribution in [1.29, 1.82) is 0 Å². The molecule has 6 nitrogen and oxygen atoms in total. The lowest BCUT2D eigenvalue weighted by Gasteiger charge is -2.05. The Morgan fingerprint density at radius 1 is 1.15 bits per heavy atom. The van der Waals surface area contributed by atoms with E-state index in [1.165, 1.54) is 0 Å². The standard InChI is InChI=1S/C19H17BrN4O2S/c1-25-8-7-16-21-10-11-9-12(3-5-14(11)23-16)22-19-24-17-15(26-2)6-4-13(20)18(17)27-19/h3-6,9-10H,7-8H2,1-2H3,(H,22,24). The van der Waals surface area contributed by atoms with Gasteiger partial charge < -0.3 is 14.8 Å². The van der Waals surface area contributed by atoms with Crippen LogP contribution in [0.1, 0.15) is 5.82 Å². The average molecular weight is 445 g/mol. The first-order valence-corrected chi connectivity index (χ1v) is 9.93. The largest absolute Gasteiger partial charge is 0.494 e. The van der Waals surface area contributed by atoms with Crippen molar-refractivity contribution in [3.8, 4) is 5.75 Å². The number of fused-ring (bicyclic) bond motifs is 2. The molecule has 0 saturated carbocycles. The monoisotopic (exact) mass is 444 g/mol. The second kappa shape index (κ2) is 7.75. The number of rotatable bonds is 6. The third-order valence-corrected chi connectivity index (χ3v) is 6.02. The predicted molar refractivity (Wildman–Crippen MR) is 112 cm³/mol. The molecule has 0 bridgehead atoms. The SMILES string of the molecule is COCCc1ncc2cc(Nc3nc4c(OC)ccc(Br)c4s3)ccc2n1. The minimum Gasteiger partial charge on any atom is -0.494 e. The quantitative estimate of drug-likeness (QED) is 0.453. The Balaban J connectivity index is 1.63. The zero-order valence-electron chi connectivity index (χ0n) is 14.8. The van der Waals surface area contributed by atoms with Gasteiger partial charge in [0.1, 0.15) is 17.1 Å². The van der Waals surface area contributed by atoms with Crippen molar-refractivity contribution in [3.63, 3.8) is 0 Å². The molecule has 8 heteroatoms. The second-order valence-corrected chi connectivity index (χ2v) is 7.73. The summed E-state index contributed by atoms with van der Waals surface area (Å²) in [7, 11) is 3.33. The summed E-state index contributed by atoms with van der Waals surface area (Å²) in [4.78, 5) is 13.7. The van der Waals surface area contributed by atoms with Crippen LogP contribution >= 0.6 is 27.3 Å². The Morgan fingerprint density at radius 3 is 2.85 bits per heavy atom. The van der Waals surface area contributed by atoms with Gasteiger partial charge in [-0.3, -0.25) is 0 Å². The highest BCUT2D eigenvalue weighted by molar-refractivity contribution is 9.10. The Hall–Kier alpha value is -2.29. The van der Waals surface area contributed by atoms with E-state index < -0.39 is 0 Å². The van der Waals surface area contributed by atoms with Crippen molar-refractivity contribution >= 4 is 59.2 Å². The summed E-state index contributed by atoms with van der Waals surface area (Å²) in [6, 6.07) is 9.88. The van der Waals surface area contributed by atoms with Crippen molar-refractivity contribution in [2.75, 3.05) is 26.1 Å². The number of hydrogen-bond donors (Lipinski definition) is 1. The van der Waals surface area contributed by atoms with Crippen LogP contribution in [0.25, 0.3) is 21.1 Å². The summed E-state index contributed by atoms with van der Waals surface area (Å²) in [5.74, 6) is 1.54. The molecule has 138 valence electrons. The van der Waals surface area contributed by atoms with E-state index >= 15 is 0 Å². The molecule has 0 aliphatic rings. The minimum atomic E-state index is 0.613. The highest BCUT2D eigenvalue weighted by Gasteiger charge is 2.12. The van der Waals surface area contributed by atoms with E-state index in [1.807, 2.05) is 36.5 Å². The summed E-state index contributed by atoms with van der Waals surface area (Å²) < 4.78 is 12.5. The Labute approximate surface area is 168 Å². The van der Waals surface area contributed by atoms with Crippen LogP contribution in [-0.2, 0) is 11.2 Å². The van der Waals surface area contributed by atoms with Crippen LogP contribution in [0.4, 0.5) is 10.8 Å². The number of benzene rings is 2. The number of anilines is 2. The maximum atomic E-state index is 5.41. The number of ether oxygens (including phenoxy) is 2. The Bertz CT molecular complexity index is 1120. The number of thiazole rings is 1. The molecule has 2 aromatic heterocycles. The molecule has 4 aromatic rings. The number of methoxy groups -OCH3 is 2. The molecular formula is C19H17BrN4O2S. The fourth-order valence-electron chi connectivity index (χ4n) is 2.76. The van der Waals surface area contributed by atoms with Gasteiger partial charge >= 0.3 is 0 Å². The minimum absolute atomic E-state index is 0.613. The highest BCUT2D eigenvalue weighted by atomic mass is 79.9. The zero-order valence-corrected chi connectivity index (χ0v) is 17.2. The molecule has 0 radical (unpaired) electrons. The maximum Gasteiger partial charge on any atom is 0.188 e. The van der Waals surface area contributed by atoms with Crippen LogP contribution in [0.3, 0.4) is 0 Å². The molecule has 0 aliphatic heterocycles. The van der Waals surface area contributed by atoms with Crippen molar-refractivity contribution in [2.45, 2.75) is 6.42 Å². The molecule has 4 rings (SSSR count). The number of halogens is 1. The van der Waals surface area contributed by atoms with E-state index in [-0.39, 0.29) is 0 Å². The fraction of sp³-hybridized carbons (Fsp3) is 0.211. The van der Waals surface area contributed by atoms with Crippen LogP contribution in [0, 0.1) is 0 Å². The molecule has 27 heavy (non-hydrogen) atoms. The number of aromatic nitrogens is 3. The molecule has 2 heterocycles. The van der Waals surface area contributed by atoms with E-state index in [2.05, 4.69) is 36.2 Å². The lowest BCUT2D eigenvalue weighted by atomic mass is 10.2. The van der Waals surface area contributed by atoms with Gasteiger partial charge in [-0.2, -0.15) is 0 Å². The summed E-state index contributed by atoms with van der Waals surface area (Å²) in [6.45, 7) is 0.613. The third-order valence-electron chi connectivity index (χ3n) is 4.09. The Morgan fingerprint density at radius 2 is 2.04 bits per heavy atom. The van der Waals surface area contributed by atoms with Crippen LogP contribution in [-0.4, -0.2) is 35.8 Å². The Kier molecular flexibility index (Phi) is 5.20. The third kappa shape index (κ3) is 3.73. The number of hydrogen-bond acceptors (Lipinski definition) is 7. The first-order chi connectivity index (χ1) is 13.2. The van der Waals surface area contributed by atoms with E-state index in [0.29, 0.717) is 13.0 Å². The van der Waals surface area contributed by atoms with Crippen LogP contribution in [0.2, 0.25) is 0 Å². The molecule has 0 fully saturated rings. The topological polar surface area (TPSA) is 69.2 Å². The van der Waals surface area contributed by atoms with Gasteiger partial charge in [0.15, 0.2) is 5.13 Å².